The van der Waals surface area contributed by atoms with Gasteiger partial charge in [-0.05, 0) is 12.0 Å². The minimum Gasteiger partial charge on any atom is -0.481 e. The Morgan fingerprint density at radius 2 is 2.00 bits per heavy atom. The maximum absolute atomic E-state index is 12.9. The minimum atomic E-state index is -2.79. The van der Waals surface area contributed by atoms with Crippen molar-refractivity contribution in [3.63, 3.8) is 0 Å². The van der Waals surface area contributed by atoms with Crippen LogP contribution >= 0.6 is 0 Å². The minimum absolute atomic E-state index is 0.0378. The van der Waals surface area contributed by atoms with Gasteiger partial charge in [-0.3, -0.25) is 9.69 Å². The van der Waals surface area contributed by atoms with Crippen molar-refractivity contribution in [2.75, 3.05) is 6.54 Å². The summed E-state index contributed by atoms with van der Waals surface area (Å²) in [4.78, 5) is 23.6. The molecule has 2 rings (SSSR count). The maximum atomic E-state index is 12.9. The predicted molar refractivity (Wildman–Crippen MR) is 68.9 cm³/mol. The zero-order valence-corrected chi connectivity index (χ0v) is 11.1. The molecule has 1 heterocycles. The second kappa shape index (κ2) is 6.51. The van der Waals surface area contributed by atoms with Gasteiger partial charge >= 0.3 is 12.1 Å². The lowest BCUT2D eigenvalue weighted by Crippen LogP contribution is -2.40. The van der Waals surface area contributed by atoms with Crippen LogP contribution in [0.2, 0.25) is 0 Å². The van der Waals surface area contributed by atoms with Crippen molar-refractivity contribution >= 4 is 12.1 Å². The Morgan fingerprint density at radius 1 is 1.33 bits per heavy atom. The number of halogens is 2. The summed E-state index contributed by atoms with van der Waals surface area (Å²) < 4.78 is 30.8. The van der Waals surface area contributed by atoms with Crippen molar-refractivity contribution in [1.29, 1.82) is 0 Å². The van der Waals surface area contributed by atoms with Crippen molar-refractivity contribution in [2.24, 2.45) is 5.92 Å². The highest BCUT2D eigenvalue weighted by Crippen LogP contribution is 2.28. The Morgan fingerprint density at radius 3 is 2.57 bits per heavy atom. The lowest BCUT2D eigenvalue weighted by atomic mass is 10.1. The third-order valence-electron chi connectivity index (χ3n) is 3.42. The lowest BCUT2D eigenvalue weighted by molar-refractivity contribution is -0.141. The molecule has 1 saturated heterocycles. The number of alkyl halides is 2. The second-order valence-electron chi connectivity index (χ2n) is 4.87. The van der Waals surface area contributed by atoms with Gasteiger partial charge in [-0.1, -0.05) is 30.3 Å². The molecular formula is C14H15F2NO4. The summed E-state index contributed by atoms with van der Waals surface area (Å²) in [6.07, 6.45) is -3.96. The van der Waals surface area contributed by atoms with Crippen LogP contribution in [0.5, 0.6) is 0 Å². The van der Waals surface area contributed by atoms with Crippen LogP contribution in [0.15, 0.2) is 30.3 Å². The van der Waals surface area contributed by atoms with Gasteiger partial charge in [0.15, 0.2) is 0 Å². The van der Waals surface area contributed by atoms with Crippen LogP contribution < -0.4 is 0 Å². The van der Waals surface area contributed by atoms with Gasteiger partial charge in [0, 0.05) is 6.54 Å². The molecule has 2 atom stereocenters. The molecule has 7 heteroatoms. The first kappa shape index (κ1) is 15.2. The molecule has 0 spiro atoms. The maximum Gasteiger partial charge on any atom is 0.410 e. The molecule has 5 nitrogen and oxygen atoms in total. The van der Waals surface area contributed by atoms with Gasteiger partial charge in [-0.2, -0.15) is 0 Å². The fraction of sp³-hybridized carbons (Fsp3) is 0.429. The summed E-state index contributed by atoms with van der Waals surface area (Å²) in [6, 6.07) is 7.40. The molecule has 0 bridgehead atoms. The van der Waals surface area contributed by atoms with Crippen molar-refractivity contribution in [3.05, 3.63) is 35.9 Å². The number of hydrogen-bond acceptors (Lipinski definition) is 3. The molecule has 1 aliphatic rings. The SMILES string of the molecule is O=C(O)C1C[C@H](C(F)F)N(C(=O)OCc2ccccc2)C1. The highest BCUT2D eigenvalue weighted by atomic mass is 19.3. The molecule has 0 aliphatic carbocycles. The monoisotopic (exact) mass is 299 g/mol. The number of carboxylic acids is 1. The number of hydrogen-bond donors (Lipinski definition) is 1. The molecule has 0 radical (unpaired) electrons. The molecule has 1 unspecified atom stereocenters. The van der Waals surface area contributed by atoms with Crippen molar-refractivity contribution in [2.45, 2.75) is 25.5 Å². The molecular weight excluding hydrogens is 284 g/mol. The van der Waals surface area contributed by atoms with E-state index in [1.54, 1.807) is 30.3 Å². The van der Waals surface area contributed by atoms with E-state index in [0.717, 1.165) is 10.5 Å². The number of ether oxygens (including phenoxy) is 1. The van der Waals surface area contributed by atoms with Crippen LogP contribution in [-0.4, -0.2) is 41.1 Å². The molecule has 1 N–H and O–H groups in total. The van der Waals surface area contributed by atoms with Crippen LogP contribution in [0.3, 0.4) is 0 Å². The van der Waals surface area contributed by atoms with E-state index in [1.165, 1.54) is 0 Å². The standard InChI is InChI=1S/C14H15F2NO4/c15-12(16)11-6-10(13(18)19)7-17(11)14(20)21-8-9-4-2-1-3-5-9/h1-5,10-12H,6-8H2,(H,18,19)/t10?,11-/m1/s1. The number of carboxylic acid groups (broad SMARTS) is 1. The van der Waals surface area contributed by atoms with Crippen molar-refractivity contribution in [1.82, 2.24) is 4.90 Å². The molecule has 1 aromatic carbocycles. The Balaban J connectivity index is 1.98. The van der Waals surface area contributed by atoms with Gasteiger partial charge in [0.1, 0.15) is 6.61 Å². The summed E-state index contributed by atoms with van der Waals surface area (Å²) in [5, 5.41) is 8.90. The Bertz CT molecular complexity index is 509. The molecule has 1 aromatic rings. The van der Waals surface area contributed by atoms with Gasteiger partial charge in [-0.15, -0.1) is 0 Å². The molecule has 1 fully saturated rings. The topological polar surface area (TPSA) is 66.8 Å². The fourth-order valence-corrected chi connectivity index (χ4v) is 2.30. The quantitative estimate of drug-likeness (QED) is 0.927. The molecule has 1 amide bonds. The second-order valence-corrected chi connectivity index (χ2v) is 4.87. The number of carbonyl (C=O) groups excluding carboxylic acids is 1. The summed E-state index contributed by atoms with van der Waals surface area (Å²) in [5.74, 6) is -2.16. The molecule has 21 heavy (non-hydrogen) atoms. The van der Waals surface area contributed by atoms with Crippen LogP contribution in [0.25, 0.3) is 0 Å². The molecule has 1 aliphatic heterocycles. The van der Waals surface area contributed by atoms with Crippen LogP contribution in [0.4, 0.5) is 13.6 Å². The Labute approximate surface area is 120 Å². The highest BCUT2D eigenvalue weighted by molar-refractivity contribution is 5.74. The van der Waals surface area contributed by atoms with Crippen LogP contribution in [-0.2, 0) is 16.1 Å². The normalized spacial score (nSPS) is 21.6. The smallest absolute Gasteiger partial charge is 0.410 e. The van der Waals surface area contributed by atoms with E-state index < -0.39 is 30.4 Å². The largest absolute Gasteiger partial charge is 0.481 e. The number of benzene rings is 1. The van der Waals surface area contributed by atoms with Gasteiger partial charge in [0.2, 0.25) is 0 Å². The third-order valence-corrected chi connectivity index (χ3v) is 3.42. The summed E-state index contributed by atoms with van der Waals surface area (Å²) in [5.41, 5.74) is 0.730. The van der Waals surface area contributed by atoms with E-state index in [1.807, 2.05) is 0 Å². The molecule has 0 aromatic heterocycles. The number of amides is 1. The first-order valence-corrected chi connectivity index (χ1v) is 6.47. The summed E-state index contributed by atoms with van der Waals surface area (Å²) in [6.45, 7) is -0.290. The summed E-state index contributed by atoms with van der Waals surface area (Å²) in [7, 11) is 0. The number of rotatable bonds is 4. The van der Waals surface area contributed by atoms with Gasteiger partial charge in [0.25, 0.3) is 6.43 Å². The number of nitrogens with zero attached hydrogens (tertiary/aromatic N) is 1. The summed E-state index contributed by atoms with van der Waals surface area (Å²) >= 11 is 0. The van der Waals surface area contributed by atoms with Gasteiger partial charge in [0.05, 0.1) is 12.0 Å². The molecule has 114 valence electrons. The van der Waals surface area contributed by atoms with E-state index >= 15 is 0 Å². The first-order chi connectivity index (χ1) is 9.99. The lowest BCUT2D eigenvalue weighted by Gasteiger charge is -2.23. The number of carbonyl (C=O) groups is 2. The number of aliphatic carboxylic acids is 1. The van der Waals surface area contributed by atoms with E-state index in [4.69, 9.17) is 9.84 Å². The Hall–Kier alpha value is -2.18. The zero-order valence-electron chi connectivity index (χ0n) is 11.1. The fourth-order valence-electron chi connectivity index (χ4n) is 2.30. The van der Waals surface area contributed by atoms with E-state index in [9.17, 15) is 18.4 Å². The predicted octanol–water partition coefficient (Wildman–Crippen LogP) is 2.36. The van der Waals surface area contributed by atoms with E-state index in [0.29, 0.717) is 0 Å². The van der Waals surface area contributed by atoms with E-state index in [2.05, 4.69) is 0 Å². The zero-order chi connectivity index (χ0) is 15.4. The molecule has 0 saturated carbocycles. The highest BCUT2D eigenvalue weighted by Gasteiger charge is 2.43. The van der Waals surface area contributed by atoms with E-state index in [-0.39, 0.29) is 19.6 Å². The van der Waals surface area contributed by atoms with Gasteiger partial charge < -0.3 is 9.84 Å². The van der Waals surface area contributed by atoms with Crippen LogP contribution in [0, 0.1) is 5.92 Å². The number of likely N-dealkylation sites (tertiary alicyclic amines) is 1. The Kier molecular flexibility index (Phi) is 4.72. The third kappa shape index (κ3) is 3.68. The van der Waals surface area contributed by atoms with Crippen molar-refractivity contribution < 1.29 is 28.2 Å². The average molecular weight is 299 g/mol. The van der Waals surface area contributed by atoms with Crippen molar-refractivity contribution in [3.8, 4) is 0 Å². The first-order valence-electron chi connectivity index (χ1n) is 6.47. The van der Waals surface area contributed by atoms with Gasteiger partial charge in [-0.25, -0.2) is 13.6 Å². The van der Waals surface area contributed by atoms with Crippen LogP contribution in [0.1, 0.15) is 12.0 Å². The average Bonchev–Trinajstić information content (AvgIpc) is 2.91.